The number of ether oxygens (including phenoxy) is 2. The second-order valence-corrected chi connectivity index (χ2v) is 9.91. The molecule has 0 aliphatic heterocycles. The van der Waals surface area contributed by atoms with Crippen molar-refractivity contribution >= 4 is 5.97 Å². The predicted octanol–water partition coefficient (Wildman–Crippen LogP) is 7.85. The first kappa shape index (κ1) is 23.6. The average Bonchev–Trinajstić information content (AvgIpc) is 2.66. The molecule has 0 aromatic heterocycles. The molecule has 0 amide bonds. The molecule has 3 nitrogen and oxygen atoms in total. The van der Waals surface area contributed by atoms with Gasteiger partial charge in [0, 0.05) is 0 Å². The summed E-state index contributed by atoms with van der Waals surface area (Å²) >= 11 is 0. The number of aryl methyl sites for hydroxylation is 6. The monoisotopic (exact) mass is 430 g/mol. The van der Waals surface area contributed by atoms with E-state index >= 15 is 0 Å². The van der Waals surface area contributed by atoms with Crippen LogP contribution in [0.5, 0.6) is 17.2 Å². The molecule has 0 N–H and O–H groups in total. The number of carbonyl (C=O) groups is 1. The lowest BCUT2D eigenvalue weighted by molar-refractivity contribution is 0.0729. The zero-order valence-electron chi connectivity index (χ0n) is 20.8. The highest BCUT2D eigenvalue weighted by Gasteiger charge is 2.23. The second-order valence-electron chi connectivity index (χ2n) is 9.91. The van der Waals surface area contributed by atoms with Crippen molar-refractivity contribution in [3.8, 4) is 17.2 Å². The van der Waals surface area contributed by atoms with Crippen LogP contribution in [0.1, 0.15) is 70.1 Å². The van der Waals surface area contributed by atoms with Crippen molar-refractivity contribution in [2.75, 3.05) is 0 Å². The van der Waals surface area contributed by atoms with Gasteiger partial charge in [0.15, 0.2) is 0 Å². The van der Waals surface area contributed by atoms with Gasteiger partial charge in [0.25, 0.3) is 0 Å². The van der Waals surface area contributed by atoms with Gasteiger partial charge in [0.2, 0.25) is 0 Å². The lowest BCUT2D eigenvalue weighted by atomic mass is 9.86. The Balaban J connectivity index is 2.08. The van der Waals surface area contributed by atoms with E-state index in [-0.39, 0.29) is 5.41 Å². The molecule has 0 fully saturated rings. The van der Waals surface area contributed by atoms with Gasteiger partial charge in [-0.25, -0.2) is 4.79 Å². The summed E-state index contributed by atoms with van der Waals surface area (Å²) in [7, 11) is 0. The third-order valence-corrected chi connectivity index (χ3v) is 5.68. The molecule has 3 aromatic rings. The van der Waals surface area contributed by atoms with E-state index in [0.29, 0.717) is 17.1 Å². The first-order valence-corrected chi connectivity index (χ1v) is 11.1. The number of hydrogen-bond donors (Lipinski definition) is 0. The minimum absolute atomic E-state index is 0.112. The minimum atomic E-state index is -0.413. The number of rotatable bonds is 4. The van der Waals surface area contributed by atoms with Gasteiger partial charge in [-0.1, -0.05) is 62.2 Å². The number of benzene rings is 3. The molecule has 0 aliphatic rings. The van der Waals surface area contributed by atoms with Crippen molar-refractivity contribution in [3.05, 3.63) is 87.0 Å². The summed E-state index contributed by atoms with van der Waals surface area (Å²) < 4.78 is 12.3. The van der Waals surface area contributed by atoms with Crippen LogP contribution < -0.4 is 9.47 Å². The first-order chi connectivity index (χ1) is 14.9. The van der Waals surface area contributed by atoms with Gasteiger partial charge in [0.1, 0.15) is 22.8 Å². The summed E-state index contributed by atoms with van der Waals surface area (Å²) in [5.41, 5.74) is 7.63. The highest BCUT2D eigenvalue weighted by molar-refractivity contribution is 5.94. The molecule has 0 saturated carbocycles. The molecule has 0 unspecified atom stereocenters. The highest BCUT2D eigenvalue weighted by atomic mass is 16.5. The molecule has 3 heteroatoms. The quantitative estimate of drug-likeness (QED) is 0.312. The zero-order valence-corrected chi connectivity index (χ0v) is 20.8. The SMILES string of the molecule is Cc1cc(C)c(OC(=O)c2cc(C(C)(C)C)ccc2Oc2c(C)cc(C)cc2C)c(C)c1. The number of esters is 1. The Hall–Kier alpha value is -3.07. The van der Waals surface area contributed by atoms with Crippen molar-refractivity contribution < 1.29 is 14.3 Å². The van der Waals surface area contributed by atoms with Gasteiger partial charge in [-0.3, -0.25) is 0 Å². The third kappa shape index (κ3) is 5.04. The van der Waals surface area contributed by atoms with E-state index in [1.807, 2.05) is 65.0 Å². The normalized spacial score (nSPS) is 11.4. The van der Waals surface area contributed by atoms with Crippen LogP contribution in [0.25, 0.3) is 0 Å². The largest absolute Gasteiger partial charge is 0.456 e. The molecular weight excluding hydrogens is 396 g/mol. The number of hydrogen-bond acceptors (Lipinski definition) is 3. The van der Waals surface area contributed by atoms with Crippen LogP contribution in [0.15, 0.2) is 42.5 Å². The van der Waals surface area contributed by atoms with Gasteiger partial charge in [-0.05, 0) is 86.9 Å². The van der Waals surface area contributed by atoms with E-state index in [0.717, 1.165) is 39.1 Å². The fraction of sp³-hybridized carbons (Fsp3) is 0.345. The maximum atomic E-state index is 13.4. The minimum Gasteiger partial charge on any atom is -0.456 e. The Morgan fingerprint density at radius 3 is 1.62 bits per heavy atom. The zero-order chi connectivity index (χ0) is 23.8. The van der Waals surface area contributed by atoms with Gasteiger partial charge >= 0.3 is 5.97 Å². The predicted molar refractivity (Wildman–Crippen MR) is 131 cm³/mol. The molecule has 0 spiro atoms. The summed E-state index contributed by atoms with van der Waals surface area (Å²) in [6.45, 7) is 18.5. The molecular formula is C29H34O3. The molecule has 168 valence electrons. The van der Waals surface area contributed by atoms with Crippen LogP contribution in [0.4, 0.5) is 0 Å². The Morgan fingerprint density at radius 1 is 0.688 bits per heavy atom. The van der Waals surface area contributed by atoms with Crippen LogP contribution in [0, 0.1) is 41.5 Å². The first-order valence-electron chi connectivity index (χ1n) is 11.1. The van der Waals surface area contributed by atoms with E-state index in [1.165, 1.54) is 5.56 Å². The van der Waals surface area contributed by atoms with Gasteiger partial charge in [0.05, 0.1) is 0 Å². The topological polar surface area (TPSA) is 35.5 Å². The van der Waals surface area contributed by atoms with E-state index in [9.17, 15) is 4.79 Å². The van der Waals surface area contributed by atoms with Crippen LogP contribution >= 0.6 is 0 Å². The molecule has 3 aromatic carbocycles. The Labute approximate surface area is 192 Å². The summed E-state index contributed by atoms with van der Waals surface area (Å²) in [4.78, 5) is 13.4. The average molecular weight is 431 g/mol. The van der Waals surface area contributed by atoms with Crippen molar-refractivity contribution in [2.24, 2.45) is 0 Å². The Morgan fingerprint density at radius 2 is 1.16 bits per heavy atom. The summed E-state index contributed by atoms with van der Waals surface area (Å²) in [6.07, 6.45) is 0. The molecule has 32 heavy (non-hydrogen) atoms. The lowest BCUT2D eigenvalue weighted by Gasteiger charge is -2.22. The summed E-state index contributed by atoms with van der Waals surface area (Å²) in [5, 5.41) is 0. The Bertz CT molecular complexity index is 1130. The van der Waals surface area contributed by atoms with Crippen molar-refractivity contribution in [1.29, 1.82) is 0 Å². The summed E-state index contributed by atoms with van der Waals surface area (Å²) in [5.74, 6) is 1.47. The maximum absolute atomic E-state index is 13.4. The molecule has 0 bridgehead atoms. The standard InChI is InChI=1S/C29H34O3/c1-17-12-19(3)26(20(4)13-17)31-25-11-10-23(29(7,8)9)16-24(25)28(30)32-27-21(5)14-18(2)15-22(27)6/h10-16H,1-9H3. The van der Waals surface area contributed by atoms with E-state index in [1.54, 1.807) is 0 Å². The lowest BCUT2D eigenvalue weighted by Crippen LogP contribution is -2.16. The fourth-order valence-corrected chi connectivity index (χ4v) is 4.16. The van der Waals surface area contributed by atoms with Crippen molar-refractivity contribution in [3.63, 3.8) is 0 Å². The van der Waals surface area contributed by atoms with Crippen molar-refractivity contribution in [2.45, 2.75) is 67.7 Å². The third-order valence-electron chi connectivity index (χ3n) is 5.68. The van der Waals surface area contributed by atoms with E-state index in [4.69, 9.17) is 9.47 Å². The van der Waals surface area contributed by atoms with Gasteiger partial charge in [-0.15, -0.1) is 0 Å². The van der Waals surface area contributed by atoms with Crippen molar-refractivity contribution in [1.82, 2.24) is 0 Å². The highest BCUT2D eigenvalue weighted by Crippen LogP contribution is 2.35. The molecule has 0 aliphatic carbocycles. The van der Waals surface area contributed by atoms with Crippen LogP contribution in [-0.2, 0) is 5.41 Å². The molecule has 0 radical (unpaired) electrons. The molecule has 3 rings (SSSR count). The second kappa shape index (κ2) is 8.82. The smallest absolute Gasteiger partial charge is 0.347 e. The van der Waals surface area contributed by atoms with E-state index < -0.39 is 5.97 Å². The van der Waals surface area contributed by atoms with Crippen LogP contribution in [-0.4, -0.2) is 5.97 Å². The van der Waals surface area contributed by atoms with Crippen LogP contribution in [0.2, 0.25) is 0 Å². The van der Waals surface area contributed by atoms with E-state index in [2.05, 4.69) is 39.8 Å². The molecule has 0 atom stereocenters. The number of carbonyl (C=O) groups excluding carboxylic acids is 1. The maximum Gasteiger partial charge on any atom is 0.347 e. The Kier molecular flexibility index (Phi) is 6.50. The van der Waals surface area contributed by atoms with Gasteiger partial charge in [-0.2, -0.15) is 0 Å². The van der Waals surface area contributed by atoms with Gasteiger partial charge < -0.3 is 9.47 Å². The molecule has 0 heterocycles. The summed E-state index contributed by atoms with van der Waals surface area (Å²) in [6, 6.07) is 14.0. The molecule has 0 saturated heterocycles. The van der Waals surface area contributed by atoms with Crippen LogP contribution in [0.3, 0.4) is 0 Å². The fourth-order valence-electron chi connectivity index (χ4n) is 4.16.